The molecule has 0 fully saturated rings. The number of benzene rings is 1. The maximum absolute atomic E-state index is 5.91. The van der Waals surface area contributed by atoms with Crippen LogP contribution in [0.5, 0.6) is 0 Å². The first-order valence-corrected chi connectivity index (χ1v) is 8.03. The number of nitrogens with zero attached hydrogens (tertiary/aromatic N) is 2. The fourth-order valence-corrected chi connectivity index (χ4v) is 2.71. The Kier molecular flexibility index (Phi) is 4.10. The number of halogens is 1. The zero-order chi connectivity index (χ0) is 13.9. The molecule has 0 unspecified atom stereocenters. The van der Waals surface area contributed by atoms with Crippen LogP contribution in [0.15, 0.2) is 29.4 Å². The van der Waals surface area contributed by atoms with E-state index in [0.717, 1.165) is 46.9 Å². The molecule has 1 aromatic heterocycles. The van der Waals surface area contributed by atoms with E-state index in [1.54, 1.807) is 11.8 Å². The van der Waals surface area contributed by atoms with E-state index in [9.17, 15) is 0 Å². The third-order valence-electron chi connectivity index (χ3n) is 3.21. The van der Waals surface area contributed by atoms with Gasteiger partial charge in [-0.2, -0.15) is 0 Å². The quantitative estimate of drug-likeness (QED) is 0.673. The summed E-state index contributed by atoms with van der Waals surface area (Å²) in [5, 5.41) is 8.26. The van der Waals surface area contributed by atoms with Gasteiger partial charge in [-0.25, -0.2) is 9.97 Å². The van der Waals surface area contributed by atoms with Gasteiger partial charge in [0.15, 0.2) is 5.16 Å². The minimum Gasteiger partial charge on any atom is -0.340 e. The van der Waals surface area contributed by atoms with Gasteiger partial charge in [0.1, 0.15) is 5.82 Å². The van der Waals surface area contributed by atoms with Gasteiger partial charge in [-0.15, -0.1) is 0 Å². The summed E-state index contributed by atoms with van der Waals surface area (Å²) in [5.74, 6) is 0.906. The first-order chi connectivity index (χ1) is 9.76. The Hall–Kier alpha value is -1.30. The molecule has 0 saturated carbocycles. The summed E-state index contributed by atoms with van der Waals surface area (Å²) >= 11 is 7.47. The average Bonchev–Trinajstić information content (AvgIpc) is 2.49. The van der Waals surface area contributed by atoms with Crippen LogP contribution in [0.4, 0.5) is 11.5 Å². The highest BCUT2D eigenvalue weighted by Crippen LogP contribution is 2.26. The molecule has 1 aliphatic rings. The number of hydrogen-bond donors (Lipinski definition) is 2. The smallest absolute Gasteiger partial charge is 0.189 e. The second-order valence-electron chi connectivity index (χ2n) is 4.54. The molecule has 0 amide bonds. The van der Waals surface area contributed by atoms with Gasteiger partial charge in [0.05, 0.1) is 5.69 Å². The molecule has 0 saturated heterocycles. The van der Waals surface area contributed by atoms with E-state index in [0.29, 0.717) is 0 Å². The fraction of sp³-hybridized carbons (Fsp3) is 0.286. The molecule has 104 valence electrons. The average molecular weight is 307 g/mol. The molecule has 2 heterocycles. The van der Waals surface area contributed by atoms with Gasteiger partial charge in [0, 0.05) is 22.8 Å². The van der Waals surface area contributed by atoms with Crippen LogP contribution in [-0.4, -0.2) is 22.8 Å². The topological polar surface area (TPSA) is 49.8 Å². The van der Waals surface area contributed by atoms with Crippen molar-refractivity contribution in [2.45, 2.75) is 18.1 Å². The Morgan fingerprint density at radius 2 is 2.05 bits per heavy atom. The largest absolute Gasteiger partial charge is 0.340 e. The lowest BCUT2D eigenvalue weighted by Gasteiger charge is -2.20. The van der Waals surface area contributed by atoms with Gasteiger partial charge in [0.2, 0.25) is 0 Å². The monoisotopic (exact) mass is 306 g/mol. The predicted molar refractivity (Wildman–Crippen MR) is 84.0 cm³/mol. The molecule has 6 heteroatoms. The number of anilines is 2. The van der Waals surface area contributed by atoms with Gasteiger partial charge in [-0.1, -0.05) is 23.4 Å². The van der Waals surface area contributed by atoms with Crippen LogP contribution in [0.1, 0.15) is 11.3 Å². The lowest BCUT2D eigenvalue weighted by atomic mass is 10.1. The lowest BCUT2D eigenvalue weighted by Crippen LogP contribution is -2.26. The van der Waals surface area contributed by atoms with Crippen LogP contribution >= 0.6 is 23.4 Å². The highest BCUT2D eigenvalue weighted by Gasteiger charge is 2.17. The van der Waals surface area contributed by atoms with Crippen LogP contribution in [0.25, 0.3) is 0 Å². The molecule has 0 radical (unpaired) electrons. The van der Waals surface area contributed by atoms with Gasteiger partial charge < -0.3 is 10.6 Å². The zero-order valence-corrected chi connectivity index (χ0v) is 12.7. The normalized spacial score (nSPS) is 13.9. The molecule has 2 N–H and O–H groups in total. The lowest BCUT2D eigenvalue weighted by molar-refractivity contribution is 0.615. The summed E-state index contributed by atoms with van der Waals surface area (Å²) in [5.41, 5.74) is 3.28. The third-order valence-corrected chi connectivity index (χ3v) is 4.01. The van der Waals surface area contributed by atoms with E-state index in [1.807, 2.05) is 30.5 Å². The highest BCUT2D eigenvalue weighted by molar-refractivity contribution is 7.98. The standard InChI is InChI=1S/C14H15ClN4S/c1-20-14-18-12-8-16-7-6-11(12)13(19-14)17-10-4-2-9(15)3-5-10/h2-5,16H,6-8H2,1H3,(H,17,18,19). The number of fused-ring (bicyclic) bond motifs is 1. The van der Waals surface area contributed by atoms with Gasteiger partial charge in [0.25, 0.3) is 0 Å². The zero-order valence-electron chi connectivity index (χ0n) is 11.1. The fourth-order valence-electron chi connectivity index (χ4n) is 2.20. The Bertz CT molecular complexity index is 615. The molecular weight excluding hydrogens is 292 g/mol. The minimum absolute atomic E-state index is 0.731. The number of nitrogens with one attached hydrogen (secondary N) is 2. The maximum atomic E-state index is 5.91. The Morgan fingerprint density at radius 3 is 2.80 bits per heavy atom. The summed E-state index contributed by atoms with van der Waals surface area (Å²) in [7, 11) is 0. The van der Waals surface area contributed by atoms with Gasteiger partial charge >= 0.3 is 0 Å². The first kappa shape index (κ1) is 13.7. The van der Waals surface area contributed by atoms with E-state index in [1.165, 1.54) is 5.56 Å². The van der Waals surface area contributed by atoms with E-state index in [2.05, 4.69) is 20.6 Å². The van der Waals surface area contributed by atoms with Crippen LogP contribution in [0, 0.1) is 0 Å². The van der Waals surface area contributed by atoms with Crippen LogP contribution in [0.3, 0.4) is 0 Å². The van der Waals surface area contributed by atoms with Crippen LogP contribution in [-0.2, 0) is 13.0 Å². The van der Waals surface area contributed by atoms with Crippen molar-refractivity contribution >= 4 is 34.9 Å². The van der Waals surface area contributed by atoms with Crippen molar-refractivity contribution in [1.29, 1.82) is 0 Å². The van der Waals surface area contributed by atoms with Crippen LogP contribution < -0.4 is 10.6 Å². The molecular formula is C14H15ClN4S. The van der Waals surface area contributed by atoms with Crippen molar-refractivity contribution in [3.8, 4) is 0 Å². The number of rotatable bonds is 3. The van der Waals surface area contributed by atoms with Gasteiger partial charge in [-0.05, 0) is 43.5 Å². The summed E-state index contributed by atoms with van der Waals surface area (Å²) in [4.78, 5) is 9.18. The molecule has 1 aliphatic heterocycles. The molecule has 0 bridgehead atoms. The Labute approximate surface area is 127 Å². The number of hydrogen-bond acceptors (Lipinski definition) is 5. The highest BCUT2D eigenvalue weighted by atomic mass is 35.5. The van der Waals surface area contributed by atoms with Crippen molar-refractivity contribution < 1.29 is 0 Å². The molecule has 2 aromatic rings. The number of thioether (sulfide) groups is 1. The number of aromatic nitrogens is 2. The third kappa shape index (κ3) is 2.90. The van der Waals surface area contributed by atoms with Crippen molar-refractivity contribution in [1.82, 2.24) is 15.3 Å². The summed E-state index contributed by atoms with van der Waals surface area (Å²) < 4.78 is 0. The minimum atomic E-state index is 0.731. The maximum Gasteiger partial charge on any atom is 0.189 e. The molecule has 4 nitrogen and oxygen atoms in total. The second-order valence-corrected chi connectivity index (χ2v) is 5.75. The predicted octanol–water partition coefficient (Wildman–Crippen LogP) is 3.24. The van der Waals surface area contributed by atoms with Crippen molar-refractivity contribution in [2.24, 2.45) is 0 Å². The molecule has 0 aliphatic carbocycles. The van der Waals surface area contributed by atoms with Crippen LogP contribution in [0.2, 0.25) is 5.02 Å². The SMILES string of the molecule is CSc1nc2c(c(Nc3ccc(Cl)cc3)n1)CCNC2. The Balaban J connectivity index is 1.96. The molecule has 0 atom stereocenters. The second kappa shape index (κ2) is 5.99. The van der Waals surface area contributed by atoms with E-state index in [-0.39, 0.29) is 0 Å². The molecule has 0 spiro atoms. The summed E-state index contributed by atoms with van der Waals surface area (Å²) in [6.45, 7) is 1.77. The van der Waals surface area contributed by atoms with E-state index in [4.69, 9.17) is 11.6 Å². The van der Waals surface area contributed by atoms with Crippen molar-refractivity contribution in [3.05, 3.63) is 40.5 Å². The van der Waals surface area contributed by atoms with Crippen molar-refractivity contribution in [3.63, 3.8) is 0 Å². The van der Waals surface area contributed by atoms with Crippen molar-refractivity contribution in [2.75, 3.05) is 18.1 Å². The van der Waals surface area contributed by atoms with Gasteiger partial charge in [-0.3, -0.25) is 0 Å². The molecule has 3 rings (SSSR count). The summed E-state index contributed by atoms with van der Waals surface area (Å²) in [6.07, 6.45) is 2.93. The van der Waals surface area contributed by atoms with E-state index < -0.39 is 0 Å². The first-order valence-electron chi connectivity index (χ1n) is 6.43. The molecule has 20 heavy (non-hydrogen) atoms. The Morgan fingerprint density at radius 1 is 1.25 bits per heavy atom. The summed E-state index contributed by atoms with van der Waals surface area (Å²) in [6, 6.07) is 7.65. The van der Waals surface area contributed by atoms with E-state index >= 15 is 0 Å². The molecule has 1 aromatic carbocycles.